The van der Waals surface area contributed by atoms with Crippen molar-refractivity contribution in [3.63, 3.8) is 0 Å². The lowest BCUT2D eigenvalue weighted by Gasteiger charge is -2.12. The molecule has 17 heavy (non-hydrogen) atoms. The minimum Gasteiger partial charge on any atom is -0.508 e. The van der Waals surface area contributed by atoms with Gasteiger partial charge >= 0.3 is 0 Å². The van der Waals surface area contributed by atoms with Crippen molar-refractivity contribution in [3.8, 4) is 5.75 Å². The summed E-state index contributed by atoms with van der Waals surface area (Å²) in [5.74, 6) is 0.0453. The van der Waals surface area contributed by atoms with Gasteiger partial charge in [-0.3, -0.25) is 4.79 Å². The Morgan fingerprint density at radius 3 is 2.82 bits per heavy atom. The highest BCUT2D eigenvalue weighted by molar-refractivity contribution is 5.94. The predicted octanol–water partition coefficient (Wildman–Crippen LogP) is 1.86. The number of hydrogen-bond acceptors (Lipinski definition) is 3. The van der Waals surface area contributed by atoms with Crippen LogP contribution >= 0.6 is 0 Å². The summed E-state index contributed by atoms with van der Waals surface area (Å²) in [6.07, 6.45) is 0.00200. The topological polar surface area (TPSA) is 58.6 Å². The number of rotatable bonds is 5. The van der Waals surface area contributed by atoms with E-state index in [1.54, 1.807) is 19.1 Å². The lowest BCUT2D eigenvalue weighted by molar-refractivity contribution is 0.0695. The maximum Gasteiger partial charge on any atom is 0.251 e. The number of benzene rings is 1. The zero-order chi connectivity index (χ0) is 12.8. The van der Waals surface area contributed by atoms with Crippen molar-refractivity contribution < 1.29 is 14.6 Å². The van der Waals surface area contributed by atoms with Gasteiger partial charge in [-0.2, -0.15) is 0 Å². The Bertz CT molecular complexity index is 390. The monoisotopic (exact) mass is 237 g/mol. The normalized spacial score (nSPS) is 12.2. The molecule has 1 atom stereocenters. The molecule has 0 aliphatic heterocycles. The third kappa shape index (κ3) is 4.07. The molecule has 0 aromatic heterocycles. The van der Waals surface area contributed by atoms with Gasteiger partial charge in [0.05, 0.1) is 6.10 Å². The number of phenolic OH excluding ortho intramolecular Hbond substituents is 1. The Morgan fingerprint density at radius 2 is 2.24 bits per heavy atom. The number of hydrogen-bond donors (Lipinski definition) is 2. The molecule has 1 aromatic rings. The summed E-state index contributed by atoms with van der Waals surface area (Å²) in [7, 11) is 0. The SMILES string of the molecule is CCOC(C)CNC(=O)c1ccc(O)c(C)c1. The number of phenols is 1. The standard InChI is InChI=1S/C13H19NO3/c1-4-17-10(3)8-14-13(16)11-5-6-12(15)9(2)7-11/h5-7,10,15H,4,8H2,1-3H3,(H,14,16). The molecule has 0 aliphatic rings. The smallest absolute Gasteiger partial charge is 0.251 e. The highest BCUT2D eigenvalue weighted by Crippen LogP contribution is 2.16. The van der Waals surface area contributed by atoms with Crippen LogP contribution < -0.4 is 5.32 Å². The number of aromatic hydroxyl groups is 1. The Morgan fingerprint density at radius 1 is 1.53 bits per heavy atom. The van der Waals surface area contributed by atoms with Crippen molar-refractivity contribution in [1.29, 1.82) is 0 Å². The minimum absolute atomic E-state index is 0.00200. The van der Waals surface area contributed by atoms with Crippen LogP contribution in [0.5, 0.6) is 5.75 Å². The Kier molecular flexibility index (Phi) is 4.97. The maximum absolute atomic E-state index is 11.8. The van der Waals surface area contributed by atoms with Gasteiger partial charge in [-0.25, -0.2) is 0 Å². The van der Waals surface area contributed by atoms with Crippen LogP contribution in [0, 0.1) is 6.92 Å². The van der Waals surface area contributed by atoms with Gasteiger partial charge in [-0.05, 0) is 44.5 Å². The van der Waals surface area contributed by atoms with E-state index in [0.717, 1.165) is 0 Å². The van der Waals surface area contributed by atoms with E-state index in [9.17, 15) is 9.90 Å². The van der Waals surface area contributed by atoms with E-state index < -0.39 is 0 Å². The van der Waals surface area contributed by atoms with Gasteiger partial charge in [0.25, 0.3) is 5.91 Å². The van der Waals surface area contributed by atoms with Crippen LogP contribution in [0.3, 0.4) is 0 Å². The molecule has 4 nitrogen and oxygen atoms in total. The minimum atomic E-state index is -0.153. The van der Waals surface area contributed by atoms with Crippen molar-refractivity contribution in [2.75, 3.05) is 13.2 Å². The Balaban J connectivity index is 2.55. The summed E-state index contributed by atoms with van der Waals surface area (Å²) < 4.78 is 5.32. The van der Waals surface area contributed by atoms with E-state index in [-0.39, 0.29) is 17.8 Å². The fourth-order valence-electron chi connectivity index (χ4n) is 1.48. The maximum atomic E-state index is 11.8. The third-order valence-electron chi connectivity index (χ3n) is 2.46. The molecule has 4 heteroatoms. The van der Waals surface area contributed by atoms with E-state index in [0.29, 0.717) is 24.3 Å². The van der Waals surface area contributed by atoms with E-state index >= 15 is 0 Å². The quantitative estimate of drug-likeness (QED) is 0.821. The zero-order valence-corrected chi connectivity index (χ0v) is 10.5. The summed E-state index contributed by atoms with van der Waals surface area (Å²) in [6.45, 7) is 6.70. The van der Waals surface area contributed by atoms with Crippen molar-refractivity contribution >= 4 is 5.91 Å². The Hall–Kier alpha value is -1.55. The summed E-state index contributed by atoms with van der Waals surface area (Å²) in [4.78, 5) is 11.8. The summed E-state index contributed by atoms with van der Waals surface area (Å²) >= 11 is 0. The van der Waals surface area contributed by atoms with E-state index in [1.165, 1.54) is 6.07 Å². The number of carbonyl (C=O) groups excluding carboxylic acids is 1. The second kappa shape index (κ2) is 6.25. The van der Waals surface area contributed by atoms with Gasteiger partial charge in [0.15, 0.2) is 0 Å². The fraction of sp³-hybridized carbons (Fsp3) is 0.462. The highest BCUT2D eigenvalue weighted by Gasteiger charge is 2.08. The fourth-order valence-corrected chi connectivity index (χ4v) is 1.48. The van der Waals surface area contributed by atoms with Crippen LogP contribution in [-0.4, -0.2) is 30.3 Å². The molecule has 0 radical (unpaired) electrons. The van der Waals surface area contributed by atoms with E-state index in [2.05, 4.69) is 5.32 Å². The molecule has 1 aromatic carbocycles. The van der Waals surface area contributed by atoms with Crippen molar-refractivity contribution in [2.45, 2.75) is 26.9 Å². The lowest BCUT2D eigenvalue weighted by atomic mass is 10.1. The van der Waals surface area contributed by atoms with Crippen molar-refractivity contribution in [2.24, 2.45) is 0 Å². The average molecular weight is 237 g/mol. The van der Waals surface area contributed by atoms with Gasteiger partial charge in [0, 0.05) is 18.7 Å². The van der Waals surface area contributed by atoms with Crippen LogP contribution in [0.15, 0.2) is 18.2 Å². The molecule has 1 rings (SSSR count). The third-order valence-corrected chi connectivity index (χ3v) is 2.46. The Labute approximate surface area is 102 Å². The van der Waals surface area contributed by atoms with Gasteiger partial charge in [-0.15, -0.1) is 0 Å². The van der Waals surface area contributed by atoms with E-state index in [1.807, 2.05) is 13.8 Å². The second-order valence-electron chi connectivity index (χ2n) is 3.98. The van der Waals surface area contributed by atoms with Crippen LogP contribution in [0.25, 0.3) is 0 Å². The molecule has 0 bridgehead atoms. The summed E-state index contributed by atoms with van der Waals surface area (Å²) in [5, 5.41) is 12.1. The first-order valence-corrected chi connectivity index (χ1v) is 5.74. The number of carbonyl (C=O) groups is 1. The van der Waals surface area contributed by atoms with Crippen LogP contribution in [0.2, 0.25) is 0 Å². The van der Waals surface area contributed by atoms with Gasteiger partial charge in [0.2, 0.25) is 0 Å². The van der Waals surface area contributed by atoms with Crippen molar-refractivity contribution in [1.82, 2.24) is 5.32 Å². The number of amides is 1. The van der Waals surface area contributed by atoms with Crippen molar-refractivity contribution in [3.05, 3.63) is 29.3 Å². The molecule has 2 N–H and O–H groups in total. The average Bonchev–Trinajstić information content (AvgIpc) is 2.30. The number of nitrogens with one attached hydrogen (secondary N) is 1. The molecule has 0 saturated heterocycles. The molecule has 0 aliphatic carbocycles. The van der Waals surface area contributed by atoms with Crippen LogP contribution in [0.4, 0.5) is 0 Å². The van der Waals surface area contributed by atoms with E-state index in [4.69, 9.17) is 4.74 Å². The van der Waals surface area contributed by atoms with Gasteiger partial charge in [-0.1, -0.05) is 0 Å². The lowest BCUT2D eigenvalue weighted by Crippen LogP contribution is -2.32. The molecule has 1 amide bonds. The molecular formula is C13H19NO3. The predicted molar refractivity (Wildman–Crippen MR) is 66.3 cm³/mol. The molecule has 0 spiro atoms. The largest absolute Gasteiger partial charge is 0.508 e. The highest BCUT2D eigenvalue weighted by atomic mass is 16.5. The first kappa shape index (κ1) is 13.5. The second-order valence-corrected chi connectivity index (χ2v) is 3.98. The number of aryl methyl sites for hydroxylation is 1. The molecule has 0 saturated carbocycles. The zero-order valence-electron chi connectivity index (χ0n) is 10.5. The molecule has 94 valence electrons. The molecule has 0 heterocycles. The molecule has 0 fully saturated rings. The van der Waals surface area contributed by atoms with Gasteiger partial charge in [0.1, 0.15) is 5.75 Å². The van der Waals surface area contributed by atoms with Gasteiger partial charge < -0.3 is 15.2 Å². The first-order valence-electron chi connectivity index (χ1n) is 5.74. The first-order chi connectivity index (χ1) is 8.04. The van der Waals surface area contributed by atoms with Crippen LogP contribution in [0.1, 0.15) is 29.8 Å². The molecule has 1 unspecified atom stereocenters. The summed E-state index contributed by atoms with van der Waals surface area (Å²) in [6, 6.07) is 4.79. The number of ether oxygens (including phenoxy) is 1. The molecular weight excluding hydrogens is 218 g/mol. The van der Waals surface area contributed by atoms with Crippen LogP contribution in [-0.2, 0) is 4.74 Å². The summed E-state index contributed by atoms with van der Waals surface area (Å²) in [5.41, 5.74) is 1.24.